The Morgan fingerprint density at radius 1 is 1.10 bits per heavy atom. The first kappa shape index (κ1) is 30.8. The summed E-state index contributed by atoms with van der Waals surface area (Å²) >= 11 is 0. The minimum absolute atomic E-state index is 0.00848. The Balaban J connectivity index is 1.95. The second-order valence-electron chi connectivity index (χ2n) is 11.2. The Morgan fingerprint density at radius 2 is 1.77 bits per heavy atom. The molecule has 10 nitrogen and oxygen atoms in total. The maximum atomic E-state index is 13.9. The number of amides is 1. The number of carbonyl (C=O) groups is 2. The van der Waals surface area contributed by atoms with E-state index >= 15 is 0 Å². The van der Waals surface area contributed by atoms with Gasteiger partial charge in [0, 0.05) is 12.3 Å². The van der Waals surface area contributed by atoms with Crippen molar-refractivity contribution in [2.75, 3.05) is 20.8 Å². The van der Waals surface area contributed by atoms with Gasteiger partial charge in [-0.3, -0.25) is 19.7 Å². The molecule has 0 N–H and O–H groups in total. The molecule has 1 aliphatic heterocycles. The van der Waals surface area contributed by atoms with E-state index in [1.54, 1.807) is 6.20 Å². The minimum Gasteiger partial charge on any atom is -0.493 e. The quantitative estimate of drug-likeness (QED) is 0.143. The van der Waals surface area contributed by atoms with Gasteiger partial charge in [-0.05, 0) is 35.7 Å². The summed E-state index contributed by atoms with van der Waals surface area (Å²) in [5.41, 5.74) is 0.994. The molecular weight excluding hydrogens is 532 g/mol. The first-order valence-electron chi connectivity index (χ1n) is 13.0. The zero-order valence-electron chi connectivity index (χ0n) is 24.2. The van der Waals surface area contributed by atoms with E-state index in [1.807, 2.05) is 30.3 Å². The van der Waals surface area contributed by atoms with Crippen LogP contribution in [0.4, 0.5) is 5.69 Å². The van der Waals surface area contributed by atoms with Crippen molar-refractivity contribution in [2.45, 2.75) is 64.4 Å². The van der Waals surface area contributed by atoms with Gasteiger partial charge >= 0.3 is 5.97 Å². The average Bonchev–Trinajstić information content (AvgIpc) is 3.32. The second-order valence-corrected chi connectivity index (χ2v) is 16.0. The van der Waals surface area contributed by atoms with Crippen LogP contribution in [0.5, 0.6) is 11.5 Å². The van der Waals surface area contributed by atoms with E-state index in [9.17, 15) is 19.7 Å². The van der Waals surface area contributed by atoms with Crippen molar-refractivity contribution in [3.8, 4) is 11.5 Å². The maximum Gasteiger partial charge on any atom is 0.309 e. The SMILES string of the molecule is COC(=O)CC1=CN(C(=O)c2cc(OC)c(OCc3ccccc3)cc2[N+](=O)[O-])[C@H](CO[Si](C)(C)C(C)(C)C)C1. The molecule has 0 saturated heterocycles. The summed E-state index contributed by atoms with van der Waals surface area (Å²) in [5, 5.41) is 12.1. The second kappa shape index (κ2) is 12.6. The van der Waals surface area contributed by atoms with Crippen LogP contribution in [0, 0.1) is 10.1 Å². The van der Waals surface area contributed by atoms with Crippen LogP contribution in [0.25, 0.3) is 0 Å². The molecule has 1 atom stereocenters. The Labute approximate surface area is 236 Å². The summed E-state index contributed by atoms with van der Waals surface area (Å²) in [6.07, 6.45) is 1.97. The number of esters is 1. The lowest BCUT2D eigenvalue weighted by Crippen LogP contribution is -2.45. The molecule has 2 aromatic rings. The predicted octanol–water partition coefficient (Wildman–Crippen LogP) is 5.87. The van der Waals surface area contributed by atoms with Gasteiger partial charge in [-0.1, -0.05) is 51.1 Å². The molecule has 0 radical (unpaired) electrons. The molecule has 1 amide bonds. The largest absolute Gasteiger partial charge is 0.493 e. The third-order valence-electron chi connectivity index (χ3n) is 7.44. The monoisotopic (exact) mass is 570 g/mol. The van der Waals surface area contributed by atoms with Crippen molar-refractivity contribution in [3.05, 3.63) is 75.5 Å². The fourth-order valence-electron chi connectivity index (χ4n) is 4.03. The molecule has 3 rings (SSSR count). The molecule has 0 aliphatic carbocycles. The van der Waals surface area contributed by atoms with Gasteiger partial charge in [0.05, 0.1) is 44.3 Å². The van der Waals surface area contributed by atoms with Crippen molar-refractivity contribution in [1.82, 2.24) is 4.90 Å². The van der Waals surface area contributed by atoms with Crippen LogP contribution in [0.2, 0.25) is 18.1 Å². The predicted molar refractivity (Wildman–Crippen MR) is 153 cm³/mol. The van der Waals surface area contributed by atoms with E-state index in [-0.39, 0.29) is 41.7 Å². The summed E-state index contributed by atoms with van der Waals surface area (Å²) in [5.74, 6) is -0.687. The highest BCUT2D eigenvalue weighted by Gasteiger charge is 2.40. The summed E-state index contributed by atoms with van der Waals surface area (Å²) in [4.78, 5) is 38.8. The number of benzene rings is 2. The fraction of sp³-hybridized carbons (Fsp3) is 0.448. The fourth-order valence-corrected chi connectivity index (χ4v) is 5.08. The van der Waals surface area contributed by atoms with Gasteiger partial charge in [0.1, 0.15) is 12.2 Å². The van der Waals surface area contributed by atoms with Crippen LogP contribution >= 0.6 is 0 Å². The van der Waals surface area contributed by atoms with Gasteiger partial charge in [-0.2, -0.15) is 0 Å². The van der Waals surface area contributed by atoms with Crippen molar-refractivity contribution in [2.24, 2.45) is 0 Å². The van der Waals surface area contributed by atoms with E-state index in [1.165, 1.54) is 31.3 Å². The number of hydrogen-bond donors (Lipinski definition) is 0. The van der Waals surface area contributed by atoms with Crippen LogP contribution in [0.15, 0.2) is 54.2 Å². The number of ether oxygens (including phenoxy) is 3. The summed E-state index contributed by atoms with van der Waals surface area (Å²) in [6.45, 7) is 11.0. The topological polar surface area (TPSA) is 117 Å². The van der Waals surface area contributed by atoms with Crippen molar-refractivity contribution >= 4 is 25.9 Å². The number of carbonyl (C=O) groups excluding carboxylic acids is 2. The molecular formula is C29H38N2O8Si. The highest BCUT2D eigenvalue weighted by Crippen LogP contribution is 2.39. The van der Waals surface area contributed by atoms with Crippen LogP contribution in [-0.2, 0) is 20.6 Å². The molecule has 11 heteroatoms. The summed E-state index contributed by atoms with van der Waals surface area (Å²) < 4.78 is 22.5. The van der Waals surface area contributed by atoms with Gasteiger partial charge < -0.3 is 23.5 Å². The van der Waals surface area contributed by atoms with E-state index in [0.29, 0.717) is 12.0 Å². The molecule has 0 bridgehead atoms. The normalized spacial score (nSPS) is 15.4. The van der Waals surface area contributed by atoms with Gasteiger partial charge in [-0.15, -0.1) is 0 Å². The summed E-state index contributed by atoms with van der Waals surface area (Å²) in [7, 11) is 0.546. The molecule has 2 aromatic carbocycles. The number of methoxy groups -OCH3 is 2. The summed E-state index contributed by atoms with van der Waals surface area (Å²) in [6, 6.07) is 11.5. The van der Waals surface area contributed by atoms with Gasteiger partial charge in [-0.25, -0.2) is 0 Å². The van der Waals surface area contributed by atoms with E-state index < -0.39 is 36.8 Å². The number of hydrogen-bond acceptors (Lipinski definition) is 8. The smallest absolute Gasteiger partial charge is 0.309 e. The lowest BCUT2D eigenvalue weighted by Gasteiger charge is -2.38. The van der Waals surface area contributed by atoms with Crippen LogP contribution < -0.4 is 9.47 Å². The highest BCUT2D eigenvalue weighted by atomic mass is 28.4. The molecule has 1 aliphatic rings. The number of nitro groups is 1. The molecule has 0 spiro atoms. The Kier molecular flexibility index (Phi) is 9.75. The van der Waals surface area contributed by atoms with Gasteiger partial charge in [0.25, 0.3) is 11.6 Å². The standard InChI is InChI=1S/C29H38N2O8Si/c1-29(2,3)40(6,7)39-19-22-13-21(14-27(32)37-5)17-30(22)28(33)23-15-25(36-4)26(16-24(23)31(34)35)38-18-20-11-9-8-10-12-20/h8-12,15-17,22H,13-14,18-19H2,1-7H3/t22-/m0/s1. The Hall–Kier alpha value is -3.70. The van der Waals surface area contributed by atoms with Gasteiger partial charge in [0.2, 0.25) is 0 Å². The third kappa shape index (κ3) is 7.27. The lowest BCUT2D eigenvalue weighted by molar-refractivity contribution is -0.385. The number of nitrogens with zero attached hydrogens (tertiary/aromatic N) is 2. The zero-order chi connectivity index (χ0) is 29.7. The number of nitro benzene ring substituents is 1. The third-order valence-corrected chi connectivity index (χ3v) is 11.9. The Morgan fingerprint density at radius 3 is 2.35 bits per heavy atom. The van der Waals surface area contributed by atoms with E-state index in [4.69, 9.17) is 18.6 Å². The molecule has 216 valence electrons. The van der Waals surface area contributed by atoms with Crippen molar-refractivity contribution in [3.63, 3.8) is 0 Å². The van der Waals surface area contributed by atoms with E-state index in [0.717, 1.165) is 5.56 Å². The first-order chi connectivity index (χ1) is 18.8. The van der Waals surface area contributed by atoms with Crippen LogP contribution in [-0.4, -0.2) is 56.9 Å². The van der Waals surface area contributed by atoms with Gasteiger partial charge in [0.15, 0.2) is 19.8 Å². The van der Waals surface area contributed by atoms with Crippen molar-refractivity contribution in [1.29, 1.82) is 0 Å². The minimum atomic E-state index is -2.16. The maximum absolute atomic E-state index is 13.9. The number of rotatable bonds is 11. The highest BCUT2D eigenvalue weighted by molar-refractivity contribution is 6.74. The average molecular weight is 571 g/mol. The molecule has 40 heavy (non-hydrogen) atoms. The zero-order valence-corrected chi connectivity index (χ0v) is 25.2. The van der Waals surface area contributed by atoms with Crippen molar-refractivity contribution < 1.29 is 33.1 Å². The molecule has 0 unspecified atom stereocenters. The van der Waals surface area contributed by atoms with Crippen LogP contribution in [0.3, 0.4) is 0 Å². The van der Waals surface area contributed by atoms with Crippen LogP contribution in [0.1, 0.15) is 49.5 Å². The van der Waals surface area contributed by atoms with E-state index in [2.05, 4.69) is 33.9 Å². The first-order valence-corrected chi connectivity index (χ1v) is 15.9. The Bertz CT molecular complexity index is 1270. The molecule has 1 heterocycles. The molecule has 0 saturated carbocycles. The lowest BCUT2D eigenvalue weighted by atomic mass is 10.1. The molecule has 0 aromatic heterocycles. The molecule has 0 fully saturated rings.